The van der Waals surface area contributed by atoms with Crippen molar-refractivity contribution in [3.8, 4) is 0 Å². The quantitative estimate of drug-likeness (QED) is 0.325. The molecule has 0 radical (unpaired) electrons. The molecule has 1 rings (SSSR count). The van der Waals surface area contributed by atoms with Gasteiger partial charge in [0.1, 0.15) is 0 Å². The molecule has 10 heteroatoms. The zero-order chi connectivity index (χ0) is 11.9. The highest BCUT2D eigenvalue weighted by molar-refractivity contribution is 6.75. The Bertz CT molecular complexity index is 344. The minimum absolute atomic E-state index is 1.48. The van der Waals surface area contributed by atoms with E-state index in [1.807, 2.05) is 10.3 Å². The van der Waals surface area contributed by atoms with Gasteiger partial charge in [-0.1, -0.05) is 15.5 Å². The van der Waals surface area contributed by atoms with Crippen LogP contribution < -0.4 is 0 Å². The van der Waals surface area contributed by atoms with E-state index in [1.54, 1.807) is 0 Å². The lowest BCUT2D eigenvalue weighted by Crippen LogP contribution is -2.43. The van der Waals surface area contributed by atoms with Crippen molar-refractivity contribution in [2.24, 2.45) is 15.5 Å². The van der Waals surface area contributed by atoms with Crippen molar-refractivity contribution < 1.29 is 33.2 Å². The summed E-state index contributed by atoms with van der Waals surface area (Å²) in [5, 5.41) is 30.2. The Morgan fingerprint density at radius 3 is 1.27 bits per heavy atom. The number of alkyl halides is 4. The molecule has 84 valence electrons. The first-order valence-corrected chi connectivity index (χ1v) is 3.28. The molecule has 3 N–H and O–H groups in total. The van der Waals surface area contributed by atoms with E-state index in [9.17, 15) is 17.6 Å². The van der Waals surface area contributed by atoms with E-state index in [4.69, 9.17) is 15.6 Å². The summed E-state index contributed by atoms with van der Waals surface area (Å²) < 4.78 is 51.3. The fourth-order valence-electron chi connectivity index (χ4n) is 1.02. The fourth-order valence-corrected chi connectivity index (χ4v) is 1.02. The van der Waals surface area contributed by atoms with Crippen LogP contribution in [0.15, 0.2) is 15.5 Å². The Labute approximate surface area is 78.8 Å². The van der Waals surface area contributed by atoms with Crippen molar-refractivity contribution in [3.63, 3.8) is 0 Å². The number of halogens is 4. The third-order valence-corrected chi connectivity index (χ3v) is 1.74. The van der Waals surface area contributed by atoms with Gasteiger partial charge in [-0.25, -0.2) is 0 Å². The van der Waals surface area contributed by atoms with E-state index < -0.39 is 29.0 Å². The van der Waals surface area contributed by atoms with Crippen molar-refractivity contribution in [3.05, 3.63) is 0 Å². The van der Waals surface area contributed by atoms with Crippen LogP contribution in [-0.2, 0) is 0 Å². The Balaban J connectivity index is 3.53. The summed E-state index contributed by atoms with van der Waals surface area (Å²) in [7, 11) is 0. The van der Waals surface area contributed by atoms with E-state index >= 15 is 0 Å². The summed E-state index contributed by atoms with van der Waals surface area (Å²) in [6.45, 7) is 0. The SMILES string of the molecule is ON=C1C(=NO)C(F)(F)C(F)(F)C1=NO. The number of hydrogen-bond donors (Lipinski definition) is 3. The first kappa shape index (κ1) is 11.2. The van der Waals surface area contributed by atoms with E-state index in [0.29, 0.717) is 0 Å². The first-order valence-electron chi connectivity index (χ1n) is 3.28. The molecular weight excluding hydrogens is 226 g/mol. The molecule has 0 aromatic rings. The third-order valence-electron chi connectivity index (χ3n) is 1.74. The molecule has 0 heterocycles. The van der Waals surface area contributed by atoms with Crippen LogP contribution in [0.5, 0.6) is 0 Å². The predicted molar refractivity (Wildman–Crippen MR) is 37.6 cm³/mol. The monoisotopic (exact) mass is 229 g/mol. The van der Waals surface area contributed by atoms with Gasteiger partial charge in [-0.05, 0) is 0 Å². The molecule has 0 atom stereocenters. The second kappa shape index (κ2) is 3.07. The average Bonchev–Trinajstić information content (AvgIpc) is 2.30. The Kier molecular flexibility index (Phi) is 2.29. The highest BCUT2D eigenvalue weighted by Gasteiger charge is 2.73. The van der Waals surface area contributed by atoms with Gasteiger partial charge >= 0.3 is 11.8 Å². The smallest absolute Gasteiger partial charge is 0.363 e. The number of nitrogens with zero attached hydrogens (tertiary/aromatic N) is 3. The lowest BCUT2D eigenvalue weighted by atomic mass is 10.2. The van der Waals surface area contributed by atoms with Crippen LogP contribution in [-0.4, -0.2) is 44.6 Å². The Hall–Kier alpha value is -1.87. The normalized spacial score (nSPS) is 28.7. The van der Waals surface area contributed by atoms with Crippen LogP contribution in [0, 0.1) is 0 Å². The third kappa shape index (κ3) is 1.13. The highest BCUT2D eigenvalue weighted by atomic mass is 19.3. The summed E-state index contributed by atoms with van der Waals surface area (Å²) in [6, 6.07) is 0. The van der Waals surface area contributed by atoms with Crippen molar-refractivity contribution in [1.82, 2.24) is 0 Å². The largest absolute Gasteiger partial charge is 0.410 e. The highest BCUT2D eigenvalue weighted by Crippen LogP contribution is 2.43. The standard InChI is InChI=1S/C5H3F4N3O3/c6-4(7)2(11-14)1(10-13)3(12-15)5(4,8)9/h13-15H. The molecule has 0 aliphatic heterocycles. The molecule has 1 saturated carbocycles. The van der Waals surface area contributed by atoms with Crippen LogP contribution in [0.2, 0.25) is 0 Å². The maximum Gasteiger partial charge on any atom is 0.363 e. The molecule has 0 aromatic carbocycles. The molecule has 0 spiro atoms. The van der Waals surface area contributed by atoms with Gasteiger partial charge < -0.3 is 15.6 Å². The fraction of sp³-hybridized carbons (Fsp3) is 0.400. The van der Waals surface area contributed by atoms with Crippen molar-refractivity contribution in [2.45, 2.75) is 11.8 Å². The van der Waals surface area contributed by atoms with E-state index in [2.05, 4.69) is 5.16 Å². The minimum atomic E-state index is -4.91. The molecule has 1 aliphatic rings. The first-order chi connectivity index (χ1) is 6.84. The van der Waals surface area contributed by atoms with Crippen LogP contribution in [0.4, 0.5) is 17.6 Å². The molecule has 0 unspecified atom stereocenters. The maximum absolute atomic E-state index is 12.8. The van der Waals surface area contributed by atoms with Gasteiger partial charge in [0.15, 0.2) is 17.1 Å². The van der Waals surface area contributed by atoms with E-state index in [-0.39, 0.29) is 0 Å². The van der Waals surface area contributed by atoms with Crippen molar-refractivity contribution in [1.29, 1.82) is 0 Å². The topological polar surface area (TPSA) is 97.8 Å². The van der Waals surface area contributed by atoms with Crippen LogP contribution in [0.1, 0.15) is 0 Å². The second-order valence-electron chi connectivity index (χ2n) is 2.49. The zero-order valence-corrected chi connectivity index (χ0v) is 6.70. The van der Waals surface area contributed by atoms with Gasteiger partial charge in [0.05, 0.1) is 0 Å². The summed E-state index contributed by atoms with van der Waals surface area (Å²) in [4.78, 5) is 0. The molecule has 6 nitrogen and oxygen atoms in total. The zero-order valence-electron chi connectivity index (χ0n) is 6.70. The Morgan fingerprint density at radius 2 is 1.07 bits per heavy atom. The van der Waals surface area contributed by atoms with Crippen LogP contribution in [0.25, 0.3) is 0 Å². The summed E-state index contributed by atoms with van der Waals surface area (Å²) in [5.74, 6) is -9.82. The molecule has 15 heavy (non-hydrogen) atoms. The molecule has 1 fully saturated rings. The minimum Gasteiger partial charge on any atom is -0.410 e. The second-order valence-corrected chi connectivity index (χ2v) is 2.49. The van der Waals surface area contributed by atoms with E-state index in [0.717, 1.165) is 0 Å². The van der Waals surface area contributed by atoms with E-state index in [1.165, 1.54) is 0 Å². The van der Waals surface area contributed by atoms with Gasteiger partial charge in [-0.2, -0.15) is 17.6 Å². The van der Waals surface area contributed by atoms with Crippen LogP contribution >= 0.6 is 0 Å². The predicted octanol–water partition coefficient (Wildman–Crippen LogP) is 0.761. The maximum atomic E-state index is 12.8. The lowest BCUT2D eigenvalue weighted by molar-refractivity contribution is -0.113. The van der Waals surface area contributed by atoms with Gasteiger partial charge in [-0.15, -0.1) is 0 Å². The summed E-state index contributed by atoms with van der Waals surface area (Å²) >= 11 is 0. The van der Waals surface area contributed by atoms with Crippen LogP contribution in [0.3, 0.4) is 0 Å². The summed E-state index contributed by atoms with van der Waals surface area (Å²) in [5.41, 5.74) is -5.22. The molecule has 0 aromatic heterocycles. The molecule has 0 amide bonds. The van der Waals surface area contributed by atoms with Gasteiger partial charge in [0, 0.05) is 0 Å². The van der Waals surface area contributed by atoms with Gasteiger partial charge in [-0.3, -0.25) is 0 Å². The molecular formula is C5H3F4N3O3. The number of rotatable bonds is 0. The molecule has 1 aliphatic carbocycles. The van der Waals surface area contributed by atoms with Crippen molar-refractivity contribution >= 4 is 17.1 Å². The van der Waals surface area contributed by atoms with Crippen molar-refractivity contribution in [2.75, 3.05) is 0 Å². The van der Waals surface area contributed by atoms with Gasteiger partial charge in [0.25, 0.3) is 0 Å². The lowest BCUT2D eigenvalue weighted by Gasteiger charge is -2.15. The molecule has 0 bridgehead atoms. The molecule has 0 saturated heterocycles. The number of hydrogen-bond acceptors (Lipinski definition) is 6. The average molecular weight is 229 g/mol. The number of oxime groups is 3. The Morgan fingerprint density at radius 1 is 0.733 bits per heavy atom. The summed E-state index contributed by atoms with van der Waals surface area (Å²) in [6.07, 6.45) is 0. The van der Waals surface area contributed by atoms with Gasteiger partial charge in [0.2, 0.25) is 0 Å².